The number of hydrogen-bond acceptors (Lipinski definition) is 4. The van der Waals surface area contributed by atoms with Crippen molar-refractivity contribution in [2.75, 3.05) is 10.2 Å². The van der Waals surface area contributed by atoms with E-state index in [0.29, 0.717) is 22.0 Å². The van der Waals surface area contributed by atoms with Crippen molar-refractivity contribution in [2.24, 2.45) is 0 Å². The number of anilines is 2. The maximum Gasteiger partial charge on any atom is 0.337 e. The molecule has 2 aromatic carbocycles. The van der Waals surface area contributed by atoms with Gasteiger partial charge < -0.3 is 10.2 Å². The summed E-state index contributed by atoms with van der Waals surface area (Å²) in [7, 11) is -2.91. The minimum Gasteiger partial charge on any atom is -0.594 e. The molecule has 2 aromatic rings. The van der Waals surface area contributed by atoms with Crippen LogP contribution < -0.4 is 15.1 Å². The van der Waals surface area contributed by atoms with E-state index in [1.165, 1.54) is 24.8 Å². The molecule has 1 aliphatic rings. The third-order valence-electron chi connectivity index (χ3n) is 5.19. The van der Waals surface area contributed by atoms with Crippen molar-refractivity contribution in [3.63, 3.8) is 0 Å². The molecule has 1 heterocycles. The van der Waals surface area contributed by atoms with Crippen LogP contribution in [0.15, 0.2) is 48.5 Å². The van der Waals surface area contributed by atoms with E-state index in [2.05, 4.69) is 5.32 Å². The number of fused-ring (bicyclic) bond motifs is 1. The standard InChI is InChI=1S/C22H22ClN2O4P/c1-21(2)17-10-9-16(13-18(17)25(20(21)27)22(3,4)30(28)29)24-19(26)11-8-14-6-5-7-15(23)12-14/h5-13H,1-4H3,(H,24,26). The Morgan fingerprint density at radius 1 is 1.23 bits per heavy atom. The molecule has 0 radical (unpaired) electrons. The van der Waals surface area contributed by atoms with Crippen molar-refractivity contribution >= 4 is 48.9 Å². The van der Waals surface area contributed by atoms with Crippen LogP contribution in [-0.4, -0.2) is 17.1 Å². The fourth-order valence-corrected chi connectivity index (χ4v) is 3.98. The fraction of sp³-hybridized carbons (Fsp3) is 0.273. The quantitative estimate of drug-likeness (QED) is 0.544. The lowest BCUT2D eigenvalue weighted by atomic mass is 9.86. The van der Waals surface area contributed by atoms with E-state index in [1.807, 2.05) is 6.07 Å². The Morgan fingerprint density at radius 3 is 2.57 bits per heavy atom. The van der Waals surface area contributed by atoms with Crippen LogP contribution in [0, 0.1) is 0 Å². The number of nitrogens with one attached hydrogen (secondary N) is 1. The molecule has 0 saturated carbocycles. The second kappa shape index (κ2) is 7.95. The van der Waals surface area contributed by atoms with Crippen molar-refractivity contribution in [1.82, 2.24) is 0 Å². The van der Waals surface area contributed by atoms with E-state index in [0.717, 1.165) is 5.56 Å². The lowest BCUT2D eigenvalue weighted by Gasteiger charge is -2.29. The zero-order chi connectivity index (χ0) is 22.3. The molecule has 3 rings (SSSR count). The highest BCUT2D eigenvalue weighted by Gasteiger charge is 2.54. The highest BCUT2D eigenvalue weighted by atomic mass is 35.5. The van der Waals surface area contributed by atoms with Crippen LogP contribution in [0.3, 0.4) is 0 Å². The number of carbonyl (C=O) groups excluding carboxylic acids is 2. The third kappa shape index (κ3) is 4.04. The molecule has 1 aliphatic heterocycles. The summed E-state index contributed by atoms with van der Waals surface area (Å²) in [6, 6.07) is 12.2. The molecule has 0 fully saturated rings. The van der Waals surface area contributed by atoms with Crippen LogP contribution in [0.5, 0.6) is 0 Å². The molecule has 0 aromatic heterocycles. The first-order valence-electron chi connectivity index (χ1n) is 9.33. The predicted molar refractivity (Wildman–Crippen MR) is 118 cm³/mol. The van der Waals surface area contributed by atoms with Crippen LogP contribution in [0.25, 0.3) is 6.08 Å². The lowest BCUT2D eigenvalue weighted by molar-refractivity contribution is -0.169. The summed E-state index contributed by atoms with van der Waals surface area (Å²) in [5.74, 6) is -0.662. The third-order valence-corrected chi connectivity index (χ3v) is 6.52. The molecule has 6 nitrogen and oxygen atoms in total. The van der Waals surface area contributed by atoms with Crippen molar-refractivity contribution in [3.05, 3.63) is 64.7 Å². The van der Waals surface area contributed by atoms with Crippen LogP contribution in [0.1, 0.15) is 38.8 Å². The summed E-state index contributed by atoms with van der Waals surface area (Å²) in [4.78, 5) is 38.5. The smallest absolute Gasteiger partial charge is 0.337 e. The molecule has 0 spiro atoms. The van der Waals surface area contributed by atoms with Crippen molar-refractivity contribution in [2.45, 2.75) is 38.4 Å². The fourth-order valence-electron chi connectivity index (χ4n) is 3.42. The molecule has 0 aliphatic carbocycles. The van der Waals surface area contributed by atoms with E-state index in [4.69, 9.17) is 11.6 Å². The summed E-state index contributed by atoms with van der Waals surface area (Å²) in [6.45, 7) is 6.49. The van der Waals surface area contributed by atoms with E-state index in [1.54, 1.807) is 56.3 Å². The molecule has 0 bridgehead atoms. The summed E-state index contributed by atoms with van der Waals surface area (Å²) < 4.78 is 11.8. The van der Waals surface area contributed by atoms with E-state index < -0.39 is 18.7 Å². The van der Waals surface area contributed by atoms with Gasteiger partial charge in [0.1, 0.15) is 0 Å². The molecule has 1 atom stereocenters. The van der Waals surface area contributed by atoms with Crippen LogP contribution >= 0.6 is 19.6 Å². The number of amides is 2. The Bertz CT molecular complexity index is 1080. The van der Waals surface area contributed by atoms with Gasteiger partial charge in [-0.05, 0) is 55.3 Å². The predicted octanol–water partition coefficient (Wildman–Crippen LogP) is 4.45. The van der Waals surface area contributed by atoms with Gasteiger partial charge in [-0.2, -0.15) is 0 Å². The Balaban J connectivity index is 1.89. The van der Waals surface area contributed by atoms with Gasteiger partial charge in [-0.3, -0.25) is 14.5 Å². The van der Waals surface area contributed by atoms with Gasteiger partial charge >= 0.3 is 8.03 Å². The van der Waals surface area contributed by atoms with Crippen molar-refractivity contribution in [1.29, 1.82) is 0 Å². The van der Waals surface area contributed by atoms with Crippen molar-refractivity contribution in [3.8, 4) is 0 Å². The van der Waals surface area contributed by atoms with Crippen molar-refractivity contribution < 1.29 is 19.0 Å². The number of rotatable bonds is 5. The van der Waals surface area contributed by atoms with Gasteiger partial charge in [0.25, 0.3) is 0 Å². The highest BCUT2D eigenvalue weighted by Crippen LogP contribution is 2.49. The molecule has 156 valence electrons. The molecular formula is C22H22ClN2O4P. The Morgan fingerprint density at radius 2 is 1.93 bits per heavy atom. The summed E-state index contributed by atoms with van der Waals surface area (Å²) >= 11 is 5.94. The normalized spacial score (nSPS) is 16.0. The summed E-state index contributed by atoms with van der Waals surface area (Å²) in [5.41, 5.74) is 1.57. The van der Waals surface area contributed by atoms with Gasteiger partial charge in [-0.25, -0.2) is 0 Å². The average molecular weight is 445 g/mol. The second-order valence-corrected chi connectivity index (χ2v) is 10.2. The number of nitrogens with zero attached hydrogens (tertiary/aromatic N) is 1. The van der Waals surface area contributed by atoms with Gasteiger partial charge in [-0.15, -0.1) is 0 Å². The summed E-state index contributed by atoms with van der Waals surface area (Å²) in [6.07, 6.45) is 3.02. The number of hydrogen-bond donors (Lipinski definition) is 1. The Labute approximate surface area is 181 Å². The topological polar surface area (TPSA) is 89.5 Å². The minimum absolute atomic E-state index is 0.300. The lowest BCUT2D eigenvalue weighted by Crippen LogP contribution is -2.48. The first-order valence-corrected chi connectivity index (χ1v) is 10.9. The first kappa shape index (κ1) is 22.2. The van der Waals surface area contributed by atoms with E-state index >= 15 is 0 Å². The number of benzene rings is 2. The molecule has 8 heteroatoms. The maximum atomic E-state index is 13.0. The molecule has 2 amide bonds. The van der Waals surface area contributed by atoms with Crippen LogP contribution in [-0.2, 0) is 19.6 Å². The Kier molecular flexibility index (Phi) is 5.87. The Hall–Kier alpha value is -2.53. The van der Waals surface area contributed by atoms with Gasteiger partial charge in [0.2, 0.25) is 17.1 Å². The molecule has 1 unspecified atom stereocenters. The molecular weight excluding hydrogens is 423 g/mol. The molecule has 0 saturated heterocycles. The van der Waals surface area contributed by atoms with Crippen LogP contribution in [0.4, 0.5) is 11.4 Å². The minimum atomic E-state index is -2.91. The largest absolute Gasteiger partial charge is 0.594 e. The summed E-state index contributed by atoms with van der Waals surface area (Å²) in [5, 5.41) is 1.93. The van der Waals surface area contributed by atoms with Gasteiger partial charge in [-0.1, -0.05) is 34.4 Å². The van der Waals surface area contributed by atoms with Crippen LogP contribution in [0.2, 0.25) is 5.02 Å². The monoisotopic (exact) mass is 444 g/mol. The number of halogens is 1. The van der Waals surface area contributed by atoms with Gasteiger partial charge in [0, 0.05) is 30.6 Å². The zero-order valence-electron chi connectivity index (χ0n) is 17.1. The second-order valence-electron chi connectivity index (χ2n) is 8.13. The SMILES string of the molecule is CC1(C)C(=O)N(C(C)(C)[P+](=O)[O-])c2cc(NC(=O)C=Cc3cccc(Cl)c3)ccc21. The molecule has 1 N–H and O–H groups in total. The first-order chi connectivity index (χ1) is 13.9. The van der Waals surface area contributed by atoms with Gasteiger partial charge in [0.15, 0.2) is 0 Å². The molecule has 30 heavy (non-hydrogen) atoms. The average Bonchev–Trinajstić information content (AvgIpc) is 2.86. The number of carbonyl (C=O) groups is 2. The van der Waals surface area contributed by atoms with E-state index in [-0.39, 0.29) is 11.8 Å². The van der Waals surface area contributed by atoms with Gasteiger partial charge in [0.05, 0.1) is 11.1 Å². The maximum absolute atomic E-state index is 13.0. The zero-order valence-corrected chi connectivity index (χ0v) is 18.8. The highest BCUT2D eigenvalue weighted by molar-refractivity contribution is 7.38. The van der Waals surface area contributed by atoms with E-state index in [9.17, 15) is 19.0 Å².